The van der Waals surface area contributed by atoms with Crippen molar-refractivity contribution < 1.29 is 14.3 Å². The number of ether oxygens (including phenoxy) is 2. The lowest BCUT2D eigenvalue weighted by molar-refractivity contribution is -0.118. The summed E-state index contributed by atoms with van der Waals surface area (Å²) < 4.78 is 10.9. The minimum Gasteiger partial charge on any atom is -0.454 e. The Bertz CT molecular complexity index is 1220. The molecule has 7 heteroatoms. The molecule has 1 aromatic heterocycles. The molecule has 5 nitrogen and oxygen atoms in total. The first kappa shape index (κ1) is 21.9. The van der Waals surface area contributed by atoms with Crippen molar-refractivity contribution >= 4 is 34.0 Å². The predicted molar refractivity (Wildman–Crippen MR) is 134 cm³/mol. The molecule has 0 saturated heterocycles. The van der Waals surface area contributed by atoms with Crippen LogP contribution in [0.15, 0.2) is 48.7 Å². The van der Waals surface area contributed by atoms with E-state index in [1.807, 2.05) is 36.5 Å². The molecule has 176 valence electrons. The van der Waals surface area contributed by atoms with Crippen molar-refractivity contribution in [2.24, 2.45) is 5.92 Å². The molecule has 2 fully saturated rings. The standard InChI is InChI=1S/C27H27ClN2O3S/c28-21-8-4-3-7-19(21)20(13-17-5-1-2-6-17)24-15-29-26(34-24)30-25(31)27(11-12-27)18-9-10-22-23(14-18)33-16-32-22/h3-4,7-10,14-15,17,20H,1-2,5-6,11-13,16H2,(H,29,30,31). The maximum Gasteiger partial charge on any atom is 0.236 e. The van der Waals surface area contributed by atoms with Gasteiger partial charge in [0.05, 0.1) is 5.41 Å². The fraction of sp³-hybridized carbons (Fsp3) is 0.407. The van der Waals surface area contributed by atoms with Crippen molar-refractivity contribution in [3.63, 3.8) is 0 Å². The number of carbonyl (C=O) groups is 1. The van der Waals surface area contributed by atoms with Gasteiger partial charge in [0.2, 0.25) is 12.7 Å². The Morgan fingerprint density at radius 2 is 1.94 bits per heavy atom. The summed E-state index contributed by atoms with van der Waals surface area (Å²) in [6.45, 7) is 0.229. The minimum atomic E-state index is -0.515. The highest BCUT2D eigenvalue weighted by Gasteiger charge is 2.52. The topological polar surface area (TPSA) is 60.5 Å². The average molecular weight is 495 g/mol. The molecule has 1 amide bonds. The van der Waals surface area contributed by atoms with Gasteiger partial charge in [0, 0.05) is 22.0 Å². The number of nitrogens with zero attached hydrogens (tertiary/aromatic N) is 1. The number of fused-ring (bicyclic) bond motifs is 1. The highest BCUT2D eigenvalue weighted by atomic mass is 35.5. The molecule has 2 aliphatic carbocycles. The number of nitrogens with one attached hydrogen (secondary N) is 1. The molecule has 2 saturated carbocycles. The number of hydrogen-bond donors (Lipinski definition) is 1. The highest BCUT2D eigenvalue weighted by molar-refractivity contribution is 7.15. The van der Waals surface area contributed by atoms with Crippen LogP contribution in [0.1, 0.15) is 66.9 Å². The van der Waals surface area contributed by atoms with E-state index in [4.69, 9.17) is 21.1 Å². The maximum atomic E-state index is 13.3. The number of hydrogen-bond acceptors (Lipinski definition) is 5. The summed E-state index contributed by atoms with van der Waals surface area (Å²) in [6.07, 6.45) is 9.81. The first-order valence-electron chi connectivity index (χ1n) is 12.0. The molecule has 34 heavy (non-hydrogen) atoms. The van der Waals surface area contributed by atoms with Gasteiger partial charge in [-0.15, -0.1) is 11.3 Å². The zero-order valence-corrected chi connectivity index (χ0v) is 20.5. The Balaban J connectivity index is 1.22. The molecule has 0 radical (unpaired) electrons. The molecule has 1 atom stereocenters. The summed E-state index contributed by atoms with van der Waals surface area (Å²) >= 11 is 8.19. The number of carbonyl (C=O) groups excluding carboxylic acids is 1. The van der Waals surface area contributed by atoms with E-state index >= 15 is 0 Å². The van der Waals surface area contributed by atoms with E-state index in [0.29, 0.717) is 16.8 Å². The summed E-state index contributed by atoms with van der Waals surface area (Å²) in [5.74, 6) is 2.35. The van der Waals surface area contributed by atoms with Crippen molar-refractivity contribution in [3.05, 3.63) is 69.7 Å². The normalized spacial score (nSPS) is 19.2. The van der Waals surface area contributed by atoms with E-state index in [2.05, 4.69) is 22.4 Å². The van der Waals surface area contributed by atoms with E-state index in [9.17, 15) is 4.79 Å². The van der Waals surface area contributed by atoms with Crippen LogP contribution in [0.4, 0.5) is 5.13 Å². The van der Waals surface area contributed by atoms with Crippen molar-refractivity contribution in [1.29, 1.82) is 0 Å². The average Bonchev–Trinajstić information content (AvgIpc) is 3.20. The fourth-order valence-electron chi connectivity index (χ4n) is 5.42. The molecular weight excluding hydrogens is 468 g/mol. The van der Waals surface area contributed by atoms with Crippen LogP contribution in [0.2, 0.25) is 5.02 Å². The van der Waals surface area contributed by atoms with Crippen LogP contribution in [0.5, 0.6) is 11.5 Å². The number of amides is 1. The van der Waals surface area contributed by atoms with Crippen LogP contribution in [0.3, 0.4) is 0 Å². The first-order valence-corrected chi connectivity index (χ1v) is 13.2. The fourth-order valence-corrected chi connectivity index (χ4v) is 6.63. The minimum absolute atomic E-state index is 0.00245. The van der Waals surface area contributed by atoms with Gasteiger partial charge in [-0.2, -0.15) is 0 Å². The molecule has 1 N–H and O–H groups in total. The highest BCUT2D eigenvalue weighted by Crippen LogP contribution is 2.51. The summed E-state index contributed by atoms with van der Waals surface area (Å²) in [5, 5.41) is 4.55. The lowest BCUT2D eigenvalue weighted by Crippen LogP contribution is -2.27. The van der Waals surface area contributed by atoms with E-state index in [-0.39, 0.29) is 18.6 Å². The quantitative estimate of drug-likeness (QED) is 0.387. The van der Waals surface area contributed by atoms with E-state index in [1.165, 1.54) is 25.7 Å². The third kappa shape index (κ3) is 4.07. The van der Waals surface area contributed by atoms with Crippen LogP contribution in [-0.2, 0) is 10.2 Å². The number of anilines is 1. The van der Waals surface area contributed by atoms with Gasteiger partial charge in [-0.1, -0.05) is 61.5 Å². The molecule has 6 rings (SSSR count). The number of halogens is 1. The lowest BCUT2D eigenvalue weighted by atomic mass is 9.87. The van der Waals surface area contributed by atoms with Gasteiger partial charge in [-0.25, -0.2) is 4.98 Å². The SMILES string of the molecule is O=C(Nc1ncc(C(CC2CCCC2)c2ccccc2Cl)s1)C1(c2ccc3c(c2)OCO3)CC1. The van der Waals surface area contributed by atoms with Gasteiger partial charge in [0.1, 0.15) is 0 Å². The van der Waals surface area contributed by atoms with Crippen LogP contribution in [-0.4, -0.2) is 17.7 Å². The third-order valence-electron chi connectivity index (χ3n) is 7.52. The smallest absolute Gasteiger partial charge is 0.236 e. The molecule has 3 aromatic rings. The Morgan fingerprint density at radius 1 is 1.15 bits per heavy atom. The Kier molecular flexibility index (Phi) is 5.74. The molecule has 1 aliphatic heterocycles. The Hall–Kier alpha value is -2.57. The monoisotopic (exact) mass is 494 g/mol. The Morgan fingerprint density at radius 3 is 2.74 bits per heavy atom. The van der Waals surface area contributed by atoms with Crippen molar-refractivity contribution in [3.8, 4) is 11.5 Å². The molecule has 3 aliphatic rings. The van der Waals surface area contributed by atoms with E-state index < -0.39 is 5.41 Å². The number of benzene rings is 2. The maximum absolute atomic E-state index is 13.3. The predicted octanol–water partition coefficient (Wildman–Crippen LogP) is 6.91. The van der Waals surface area contributed by atoms with Gasteiger partial charge in [-0.3, -0.25) is 4.79 Å². The third-order valence-corrected chi connectivity index (χ3v) is 8.89. The van der Waals surface area contributed by atoms with Gasteiger partial charge >= 0.3 is 0 Å². The second-order valence-corrected chi connectivity index (χ2v) is 11.1. The largest absolute Gasteiger partial charge is 0.454 e. The van der Waals surface area contributed by atoms with Crippen LogP contribution in [0, 0.1) is 5.92 Å². The van der Waals surface area contributed by atoms with Crippen molar-refractivity contribution in [2.75, 3.05) is 12.1 Å². The molecule has 2 aromatic carbocycles. The zero-order chi connectivity index (χ0) is 23.1. The second-order valence-electron chi connectivity index (χ2n) is 9.63. The van der Waals surface area contributed by atoms with Gasteiger partial charge in [0.25, 0.3) is 0 Å². The summed E-state index contributed by atoms with van der Waals surface area (Å²) in [5.41, 5.74) is 1.61. The number of aromatic nitrogens is 1. The Labute approximate surface area is 208 Å². The summed E-state index contributed by atoms with van der Waals surface area (Å²) in [4.78, 5) is 19.1. The van der Waals surface area contributed by atoms with E-state index in [0.717, 1.165) is 46.0 Å². The van der Waals surface area contributed by atoms with Crippen LogP contribution >= 0.6 is 22.9 Å². The van der Waals surface area contributed by atoms with E-state index in [1.54, 1.807) is 11.3 Å². The van der Waals surface area contributed by atoms with Crippen molar-refractivity contribution in [2.45, 2.75) is 56.3 Å². The van der Waals surface area contributed by atoms with Crippen LogP contribution < -0.4 is 14.8 Å². The van der Waals surface area contributed by atoms with Crippen LogP contribution in [0.25, 0.3) is 0 Å². The summed E-state index contributed by atoms with van der Waals surface area (Å²) in [6, 6.07) is 13.9. The number of rotatable bonds is 7. The molecular formula is C27H27ClN2O3S. The second kappa shape index (κ2) is 8.90. The zero-order valence-electron chi connectivity index (χ0n) is 18.9. The number of thiazole rings is 1. The van der Waals surface area contributed by atoms with Gasteiger partial charge in [0.15, 0.2) is 16.6 Å². The lowest BCUT2D eigenvalue weighted by Gasteiger charge is -2.20. The van der Waals surface area contributed by atoms with Gasteiger partial charge < -0.3 is 14.8 Å². The first-order chi connectivity index (χ1) is 16.6. The summed E-state index contributed by atoms with van der Waals surface area (Å²) in [7, 11) is 0. The van der Waals surface area contributed by atoms with Crippen molar-refractivity contribution in [1.82, 2.24) is 4.98 Å². The molecule has 0 spiro atoms. The molecule has 2 heterocycles. The molecule has 0 bridgehead atoms. The van der Waals surface area contributed by atoms with Gasteiger partial charge in [-0.05, 0) is 54.5 Å². The molecule has 1 unspecified atom stereocenters.